The monoisotopic (exact) mass is 140 g/mol. The molecule has 0 aromatic carbocycles. The van der Waals surface area contributed by atoms with Crippen molar-refractivity contribution < 1.29 is 0 Å². The summed E-state index contributed by atoms with van der Waals surface area (Å²) in [5, 5.41) is 12.1. The third kappa shape index (κ3) is 0.692. The van der Waals surface area contributed by atoms with E-state index < -0.39 is 0 Å². The number of nitrogens with one attached hydrogen (secondary N) is 1. The van der Waals surface area contributed by atoms with E-state index >= 15 is 0 Å². The number of rotatable bonds is 0. The molecule has 0 spiro atoms. The summed E-state index contributed by atoms with van der Waals surface area (Å²) in [5.41, 5.74) is 2.88. The quantitative estimate of drug-likeness (QED) is 0.527. The van der Waals surface area contributed by atoms with Crippen LogP contribution in [0.2, 0.25) is 0 Å². The highest BCUT2D eigenvalue weighted by molar-refractivity contribution is 8.16. The number of thioether (sulfide) groups is 1. The molecule has 0 atom stereocenters. The Kier molecular flexibility index (Phi) is 0.955. The van der Waals surface area contributed by atoms with Crippen molar-refractivity contribution in [1.82, 2.24) is 10.4 Å². The number of hydrogen-bond donors (Lipinski definition) is 1. The fourth-order valence-electron chi connectivity index (χ4n) is 0.609. The molecule has 0 aliphatic carbocycles. The molecule has 46 valence electrons. The summed E-state index contributed by atoms with van der Waals surface area (Å²) < 4.78 is 0. The van der Waals surface area contributed by atoms with Crippen molar-refractivity contribution in [3.05, 3.63) is 11.6 Å². The average molecular weight is 140 g/mol. The van der Waals surface area contributed by atoms with Gasteiger partial charge in [-0.1, -0.05) is 11.8 Å². The second kappa shape index (κ2) is 1.77. The Bertz CT molecular complexity index is 207. The van der Waals surface area contributed by atoms with Gasteiger partial charge < -0.3 is 0 Å². The minimum Gasteiger partial charge on any atom is -0.280 e. The fraction of sp³-hybridized carbons (Fsp3) is 0. The molecule has 2 aliphatic heterocycles. The average Bonchev–Trinajstić information content (AvgIpc) is 2.33. The Labute approximate surface area is 56.3 Å². The van der Waals surface area contributed by atoms with E-state index in [-0.39, 0.29) is 0 Å². The van der Waals surface area contributed by atoms with Crippen molar-refractivity contribution >= 4 is 23.3 Å². The smallest absolute Gasteiger partial charge is 0.212 e. The van der Waals surface area contributed by atoms with Gasteiger partial charge >= 0.3 is 0 Å². The zero-order valence-corrected chi connectivity index (χ0v) is 5.30. The molecular formula is C4H4N4S. The lowest BCUT2D eigenvalue weighted by Gasteiger charge is -2.15. The Morgan fingerprint density at radius 1 is 1.67 bits per heavy atom. The van der Waals surface area contributed by atoms with Crippen molar-refractivity contribution in [2.45, 2.75) is 0 Å². The van der Waals surface area contributed by atoms with Crippen LogP contribution in [0.15, 0.2) is 21.8 Å². The van der Waals surface area contributed by atoms with Crippen molar-refractivity contribution in [2.24, 2.45) is 10.2 Å². The molecule has 0 aromatic heterocycles. The molecule has 2 heterocycles. The van der Waals surface area contributed by atoms with Crippen LogP contribution < -0.4 is 5.43 Å². The maximum absolute atomic E-state index is 3.84. The van der Waals surface area contributed by atoms with Gasteiger partial charge in [-0.05, 0) is 5.41 Å². The van der Waals surface area contributed by atoms with Crippen LogP contribution in [0.5, 0.6) is 0 Å². The summed E-state index contributed by atoms with van der Waals surface area (Å²) in [7, 11) is 0. The van der Waals surface area contributed by atoms with Crippen LogP contribution in [-0.4, -0.2) is 16.5 Å². The van der Waals surface area contributed by atoms with Crippen LogP contribution in [0.4, 0.5) is 0 Å². The van der Waals surface area contributed by atoms with Gasteiger partial charge in [0.1, 0.15) is 6.34 Å². The first-order chi connectivity index (χ1) is 4.47. The lowest BCUT2D eigenvalue weighted by Crippen LogP contribution is -2.35. The molecule has 0 fully saturated rings. The van der Waals surface area contributed by atoms with Crippen molar-refractivity contribution in [3.63, 3.8) is 0 Å². The van der Waals surface area contributed by atoms with Gasteiger partial charge in [0.05, 0.1) is 0 Å². The molecule has 1 N–H and O–H groups in total. The largest absolute Gasteiger partial charge is 0.280 e. The molecule has 5 heteroatoms. The third-order valence-corrected chi connectivity index (χ3v) is 1.73. The second-order valence-corrected chi connectivity index (χ2v) is 2.40. The van der Waals surface area contributed by atoms with E-state index in [4.69, 9.17) is 0 Å². The Morgan fingerprint density at radius 2 is 2.67 bits per heavy atom. The van der Waals surface area contributed by atoms with Crippen LogP contribution in [0, 0.1) is 0 Å². The third-order valence-electron chi connectivity index (χ3n) is 0.987. The molecule has 9 heavy (non-hydrogen) atoms. The van der Waals surface area contributed by atoms with E-state index in [1.807, 2.05) is 11.6 Å². The summed E-state index contributed by atoms with van der Waals surface area (Å²) in [4.78, 5) is 0. The first-order valence-electron chi connectivity index (χ1n) is 2.45. The van der Waals surface area contributed by atoms with E-state index in [1.54, 1.807) is 23.1 Å². The number of nitrogens with zero attached hydrogens (tertiary/aromatic N) is 3. The van der Waals surface area contributed by atoms with Gasteiger partial charge in [-0.15, -0.1) is 10.2 Å². The van der Waals surface area contributed by atoms with E-state index in [0.717, 1.165) is 5.17 Å². The molecule has 0 bridgehead atoms. The normalized spacial score (nSPS) is 21.3. The molecule has 4 nitrogen and oxygen atoms in total. The van der Waals surface area contributed by atoms with Gasteiger partial charge in [0.2, 0.25) is 5.17 Å². The summed E-state index contributed by atoms with van der Waals surface area (Å²) in [6.45, 7) is 0. The maximum Gasteiger partial charge on any atom is 0.212 e. The molecule has 0 radical (unpaired) electrons. The lowest BCUT2D eigenvalue weighted by atomic mass is 10.9. The Morgan fingerprint density at radius 3 is 3.56 bits per heavy atom. The molecule has 2 rings (SSSR count). The molecule has 0 amide bonds. The van der Waals surface area contributed by atoms with Crippen LogP contribution in [0.3, 0.4) is 0 Å². The standard InChI is InChI=1S/C4H4N4S/c1-2-9-4-7-5-3-6-8(1)4/h1-3H,(H,5,6). The molecule has 2 aliphatic rings. The van der Waals surface area contributed by atoms with Gasteiger partial charge in [0.25, 0.3) is 0 Å². The highest BCUT2D eigenvalue weighted by atomic mass is 32.2. The number of hydrogen-bond acceptors (Lipinski definition) is 5. The molecular weight excluding hydrogens is 136 g/mol. The maximum atomic E-state index is 3.84. The van der Waals surface area contributed by atoms with E-state index in [0.29, 0.717) is 0 Å². The molecule has 0 unspecified atom stereocenters. The zero-order valence-electron chi connectivity index (χ0n) is 4.48. The van der Waals surface area contributed by atoms with Crippen molar-refractivity contribution in [2.75, 3.05) is 0 Å². The van der Waals surface area contributed by atoms with Crippen LogP contribution in [0.25, 0.3) is 0 Å². The van der Waals surface area contributed by atoms with Crippen LogP contribution in [-0.2, 0) is 0 Å². The summed E-state index contributed by atoms with van der Waals surface area (Å²) in [5.74, 6) is 0. The van der Waals surface area contributed by atoms with Crippen LogP contribution >= 0.6 is 11.8 Å². The van der Waals surface area contributed by atoms with E-state index in [1.165, 1.54) is 0 Å². The van der Waals surface area contributed by atoms with Gasteiger partial charge in [-0.3, -0.25) is 5.43 Å². The molecule has 0 saturated carbocycles. The zero-order chi connectivity index (χ0) is 6.10. The van der Waals surface area contributed by atoms with Crippen molar-refractivity contribution in [1.29, 1.82) is 0 Å². The molecule has 0 aromatic rings. The summed E-state index contributed by atoms with van der Waals surface area (Å²) in [6, 6.07) is 0. The number of hydrazine groups is 1. The van der Waals surface area contributed by atoms with Gasteiger partial charge in [0, 0.05) is 6.20 Å². The second-order valence-electron chi connectivity index (χ2n) is 1.53. The van der Waals surface area contributed by atoms with E-state index in [2.05, 4.69) is 15.6 Å². The minimum atomic E-state index is 0.873. The highest BCUT2D eigenvalue weighted by Crippen LogP contribution is 2.17. The number of amidine groups is 1. The fourth-order valence-corrected chi connectivity index (χ4v) is 1.23. The lowest BCUT2D eigenvalue weighted by molar-refractivity contribution is 0.517. The van der Waals surface area contributed by atoms with Gasteiger partial charge in [-0.2, -0.15) is 0 Å². The topological polar surface area (TPSA) is 40.0 Å². The van der Waals surface area contributed by atoms with Crippen molar-refractivity contribution in [3.8, 4) is 0 Å². The highest BCUT2D eigenvalue weighted by Gasteiger charge is 2.14. The van der Waals surface area contributed by atoms with Gasteiger partial charge in [-0.25, -0.2) is 5.01 Å². The first-order valence-corrected chi connectivity index (χ1v) is 3.33. The first kappa shape index (κ1) is 4.87. The van der Waals surface area contributed by atoms with Gasteiger partial charge in [0.15, 0.2) is 0 Å². The predicted molar refractivity (Wildman–Crippen MR) is 37.6 cm³/mol. The van der Waals surface area contributed by atoms with Crippen LogP contribution in [0.1, 0.15) is 0 Å². The summed E-state index contributed by atoms with van der Waals surface area (Å²) >= 11 is 1.55. The Balaban J connectivity index is 2.29. The Hall–Kier alpha value is -0.970. The number of fused-ring (bicyclic) bond motifs is 1. The summed E-state index contributed by atoms with van der Waals surface area (Å²) in [6.07, 6.45) is 3.44. The predicted octanol–water partition coefficient (Wildman–Crippen LogP) is 0.324. The minimum absolute atomic E-state index is 0.873. The van der Waals surface area contributed by atoms with E-state index in [9.17, 15) is 0 Å². The molecule has 0 saturated heterocycles. The SMILES string of the molecule is C1=CN2NC=NN=C2S1.